The molecule has 0 radical (unpaired) electrons. The predicted molar refractivity (Wildman–Crippen MR) is 141 cm³/mol. The summed E-state index contributed by atoms with van der Waals surface area (Å²) in [7, 11) is 0. The molecule has 1 aliphatic heterocycles. The number of aromatic nitrogens is 1. The van der Waals surface area contributed by atoms with Crippen molar-refractivity contribution in [1.29, 1.82) is 0 Å². The van der Waals surface area contributed by atoms with Crippen LogP contribution in [0.15, 0.2) is 54.7 Å². The number of fused-ring (bicyclic) bond motifs is 1. The average Bonchev–Trinajstić information content (AvgIpc) is 3.55. The molecule has 1 fully saturated rings. The van der Waals surface area contributed by atoms with Crippen molar-refractivity contribution in [2.24, 2.45) is 11.5 Å². The van der Waals surface area contributed by atoms with Gasteiger partial charge in [0.05, 0.1) is 12.6 Å². The Hall–Kier alpha value is -4.38. The fourth-order valence-electron chi connectivity index (χ4n) is 4.78. The summed E-state index contributed by atoms with van der Waals surface area (Å²) in [6, 6.07) is 11.4. The van der Waals surface area contributed by atoms with E-state index in [-0.39, 0.29) is 31.0 Å². The van der Waals surface area contributed by atoms with Gasteiger partial charge in [-0.3, -0.25) is 19.2 Å². The maximum Gasteiger partial charge on any atom is 0.243 e. The first-order valence-corrected chi connectivity index (χ1v) is 12.5. The number of phenolic OH excluding ortho intramolecular Hbond substituents is 1. The van der Waals surface area contributed by atoms with Crippen LogP contribution in [0.2, 0.25) is 0 Å². The number of rotatable bonds is 10. The van der Waals surface area contributed by atoms with Gasteiger partial charge < -0.3 is 37.1 Å². The summed E-state index contributed by atoms with van der Waals surface area (Å²) in [6.45, 7) is 0.0143. The van der Waals surface area contributed by atoms with Crippen molar-refractivity contribution in [3.63, 3.8) is 0 Å². The van der Waals surface area contributed by atoms with Gasteiger partial charge in [-0.25, -0.2) is 0 Å². The summed E-state index contributed by atoms with van der Waals surface area (Å²) in [5.74, 6) is -1.96. The van der Waals surface area contributed by atoms with Crippen molar-refractivity contribution in [3.8, 4) is 5.75 Å². The van der Waals surface area contributed by atoms with E-state index in [0.29, 0.717) is 19.4 Å². The van der Waals surface area contributed by atoms with Crippen LogP contribution in [0, 0.1) is 0 Å². The third-order valence-electron chi connectivity index (χ3n) is 6.72. The number of hydrogen-bond donors (Lipinski definition) is 6. The fraction of sp³-hybridized carbons (Fsp3) is 0.333. The number of H-pyrrole nitrogens is 1. The number of carbonyl (C=O) groups excluding carboxylic acids is 4. The van der Waals surface area contributed by atoms with Crippen molar-refractivity contribution in [3.05, 3.63) is 65.9 Å². The minimum atomic E-state index is -0.996. The zero-order valence-corrected chi connectivity index (χ0v) is 20.9. The number of aromatic hydroxyl groups is 1. The average molecular weight is 521 g/mol. The van der Waals surface area contributed by atoms with Crippen molar-refractivity contribution < 1.29 is 24.3 Å². The van der Waals surface area contributed by atoms with E-state index in [1.807, 2.05) is 24.3 Å². The summed E-state index contributed by atoms with van der Waals surface area (Å²) in [6.07, 6.45) is 3.26. The second-order valence-corrected chi connectivity index (χ2v) is 9.48. The molecule has 0 bridgehead atoms. The van der Waals surface area contributed by atoms with E-state index in [1.165, 1.54) is 17.0 Å². The lowest BCUT2D eigenvalue weighted by molar-refractivity contribution is -0.140. The highest BCUT2D eigenvalue weighted by Gasteiger charge is 2.37. The van der Waals surface area contributed by atoms with E-state index in [4.69, 9.17) is 11.5 Å². The summed E-state index contributed by atoms with van der Waals surface area (Å²) in [5, 5.41) is 15.6. The maximum atomic E-state index is 13.4. The predicted octanol–water partition coefficient (Wildman–Crippen LogP) is 0.0633. The molecule has 3 atom stereocenters. The zero-order chi connectivity index (χ0) is 27.2. The van der Waals surface area contributed by atoms with Crippen LogP contribution in [0.25, 0.3) is 10.9 Å². The molecule has 0 aliphatic carbocycles. The molecule has 1 aromatic heterocycles. The zero-order valence-electron chi connectivity index (χ0n) is 20.9. The third kappa shape index (κ3) is 6.30. The normalized spacial score (nSPS) is 16.7. The molecule has 4 amide bonds. The topological polar surface area (TPSA) is 184 Å². The number of aromatic amines is 1. The monoisotopic (exact) mass is 520 g/mol. The van der Waals surface area contributed by atoms with Gasteiger partial charge in [-0.15, -0.1) is 0 Å². The van der Waals surface area contributed by atoms with Crippen LogP contribution >= 0.6 is 0 Å². The Morgan fingerprint density at radius 1 is 1.08 bits per heavy atom. The van der Waals surface area contributed by atoms with Gasteiger partial charge in [0.1, 0.15) is 17.8 Å². The highest BCUT2D eigenvalue weighted by molar-refractivity contribution is 5.95. The minimum absolute atomic E-state index is 0.118. The van der Waals surface area contributed by atoms with E-state index in [1.54, 1.807) is 18.3 Å². The highest BCUT2D eigenvalue weighted by Crippen LogP contribution is 2.22. The van der Waals surface area contributed by atoms with Crippen molar-refractivity contribution in [2.45, 2.75) is 43.8 Å². The van der Waals surface area contributed by atoms with Gasteiger partial charge in [-0.05, 0) is 48.6 Å². The van der Waals surface area contributed by atoms with E-state index in [2.05, 4.69) is 15.6 Å². The second kappa shape index (κ2) is 11.8. The van der Waals surface area contributed by atoms with Crippen LogP contribution < -0.4 is 22.1 Å². The molecule has 4 rings (SSSR count). The molecule has 200 valence electrons. The van der Waals surface area contributed by atoms with Gasteiger partial charge in [-0.1, -0.05) is 30.3 Å². The number of nitrogens with zero attached hydrogens (tertiary/aromatic N) is 1. The Balaban J connectivity index is 1.47. The van der Waals surface area contributed by atoms with Gasteiger partial charge in [-0.2, -0.15) is 0 Å². The molecule has 2 aromatic carbocycles. The quantitative estimate of drug-likeness (QED) is 0.220. The van der Waals surface area contributed by atoms with Crippen molar-refractivity contribution in [1.82, 2.24) is 20.5 Å². The standard InChI is InChI=1S/C27H32N6O5/c28-20(12-16-7-9-18(34)10-8-16)27(38)33-11-3-6-23(33)26(37)32-22(25(36)31-15-24(29)35)13-17-14-30-21-5-2-1-4-19(17)21/h1-2,4-5,7-10,14,20,22-23,30,34H,3,6,11-13,15,28H2,(H2,29,35)(H,31,36)(H,32,37). The van der Waals surface area contributed by atoms with E-state index < -0.39 is 35.8 Å². The van der Waals surface area contributed by atoms with Crippen LogP contribution in [0.5, 0.6) is 5.75 Å². The number of nitrogens with two attached hydrogens (primary N) is 2. The van der Waals surface area contributed by atoms with Crippen LogP contribution in [0.3, 0.4) is 0 Å². The van der Waals surface area contributed by atoms with E-state index in [9.17, 15) is 24.3 Å². The molecule has 0 spiro atoms. The molecule has 3 unspecified atom stereocenters. The Bertz CT molecular complexity index is 1320. The SMILES string of the molecule is NC(=O)CNC(=O)C(Cc1c[nH]c2ccccc12)NC(=O)C1CCCN1C(=O)C(N)Cc1ccc(O)cc1. The Morgan fingerprint density at radius 2 is 1.82 bits per heavy atom. The number of primary amides is 1. The summed E-state index contributed by atoms with van der Waals surface area (Å²) in [4.78, 5) is 55.3. The molecule has 11 nitrogen and oxygen atoms in total. The first-order valence-electron chi connectivity index (χ1n) is 12.5. The van der Waals surface area contributed by atoms with Crippen molar-refractivity contribution in [2.75, 3.05) is 13.1 Å². The molecule has 1 aliphatic rings. The highest BCUT2D eigenvalue weighted by atomic mass is 16.3. The number of para-hydroxylation sites is 1. The Morgan fingerprint density at radius 3 is 2.55 bits per heavy atom. The number of carbonyl (C=O) groups is 4. The molecule has 8 N–H and O–H groups in total. The number of amides is 4. The van der Waals surface area contributed by atoms with Crippen LogP contribution in [-0.2, 0) is 32.0 Å². The number of phenols is 1. The van der Waals surface area contributed by atoms with Crippen LogP contribution in [-0.4, -0.2) is 69.8 Å². The Kier molecular flexibility index (Phi) is 8.27. The van der Waals surface area contributed by atoms with Gasteiger partial charge in [0.25, 0.3) is 0 Å². The summed E-state index contributed by atoms with van der Waals surface area (Å²) < 4.78 is 0. The first kappa shape index (κ1) is 26.7. The second-order valence-electron chi connectivity index (χ2n) is 9.48. The Labute approximate surface area is 219 Å². The van der Waals surface area contributed by atoms with Crippen LogP contribution in [0.4, 0.5) is 0 Å². The lowest BCUT2D eigenvalue weighted by Crippen LogP contribution is -2.56. The number of benzene rings is 2. The largest absolute Gasteiger partial charge is 0.508 e. The number of nitrogens with one attached hydrogen (secondary N) is 3. The fourth-order valence-corrected chi connectivity index (χ4v) is 4.78. The van der Waals surface area contributed by atoms with Gasteiger partial charge in [0, 0.05) is 30.1 Å². The molecule has 0 saturated carbocycles. The molecule has 38 heavy (non-hydrogen) atoms. The third-order valence-corrected chi connectivity index (χ3v) is 6.72. The molecule has 1 saturated heterocycles. The van der Waals surface area contributed by atoms with E-state index >= 15 is 0 Å². The van der Waals surface area contributed by atoms with Gasteiger partial charge >= 0.3 is 0 Å². The smallest absolute Gasteiger partial charge is 0.243 e. The van der Waals surface area contributed by atoms with E-state index in [0.717, 1.165) is 22.0 Å². The minimum Gasteiger partial charge on any atom is -0.508 e. The van der Waals surface area contributed by atoms with Crippen LogP contribution in [0.1, 0.15) is 24.0 Å². The lowest BCUT2D eigenvalue weighted by atomic mass is 10.0. The first-order chi connectivity index (χ1) is 18.2. The van der Waals surface area contributed by atoms with Gasteiger partial charge in [0.15, 0.2) is 0 Å². The van der Waals surface area contributed by atoms with Gasteiger partial charge in [0.2, 0.25) is 23.6 Å². The molecular weight excluding hydrogens is 488 g/mol. The van der Waals surface area contributed by atoms with Crippen molar-refractivity contribution >= 4 is 34.5 Å². The number of hydrogen-bond acceptors (Lipinski definition) is 6. The lowest BCUT2D eigenvalue weighted by Gasteiger charge is -2.28. The molecule has 3 aromatic rings. The number of likely N-dealkylation sites (tertiary alicyclic amines) is 1. The molecule has 11 heteroatoms. The maximum absolute atomic E-state index is 13.4. The summed E-state index contributed by atoms with van der Waals surface area (Å²) in [5.41, 5.74) is 13.9. The summed E-state index contributed by atoms with van der Waals surface area (Å²) >= 11 is 0. The molecule has 2 heterocycles. The molecular formula is C27H32N6O5.